The van der Waals surface area contributed by atoms with Crippen LogP contribution in [0.2, 0.25) is 5.02 Å². The Hall–Kier alpha value is -1.60. The zero-order chi connectivity index (χ0) is 12.8. The smallest absolute Gasteiger partial charge is 0.191 e. The van der Waals surface area contributed by atoms with Gasteiger partial charge < -0.3 is 11.1 Å². The number of hydrogen-bond donors (Lipinski definition) is 4. The van der Waals surface area contributed by atoms with Gasteiger partial charge in [-0.25, -0.2) is 0 Å². The van der Waals surface area contributed by atoms with Crippen molar-refractivity contribution in [1.29, 1.82) is 10.8 Å². The first kappa shape index (κ1) is 13.5. The Kier molecular flexibility index (Phi) is 4.92. The molecule has 1 aromatic carbocycles. The molecule has 0 atom stereocenters. The first-order chi connectivity index (χ1) is 8.02. The molecule has 1 aromatic rings. The third-order valence-corrected chi connectivity index (χ3v) is 2.85. The molecular formula is C9H10ClN5OS. The standard InChI is InChI=1S/C9H10ClN5OS/c10-6-2-1-5(7(3-6)15-16)4-17-9(13)14-8(11)12/h1-3H,4H2,(H5,11,12,13,14). The molecule has 0 unspecified atom stereocenters. The van der Waals surface area contributed by atoms with Gasteiger partial charge in [-0.1, -0.05) is 29.4 Å². The van der Waals surface area contributed by atoms with Gasteiger partial charge in [0.25, 0.3) is 0 Å². The van der Waals surface area contributed by atoms with Crippen LogP contribution < -0.4 is 11.1 Å². The maximum absolute atomic E-state index is 10.6. The van der Waals surface area contributed by atoms with E-state index in [9.17, 15) is 4.91 Å². The highest BCUT2D eigenvalue weighted by Crippen LogP contribution is 2.26. The van der Waals surface area contributed by atoms with Gasteiger partial charge in [0.1, 0.15) is 5.69 Å². The van der Waals surface area contributed by atoms with E-state index < -0.39 is 0 Å². The SMILES string of the molecule is N=C(N)NC(=N)SCc1ccc(Cl)cc1N=O. The van der Waals surface area contributed by atoms with Crippen LogP contribution in [0.5, 0.6) is 0 Å². The molecule has 0 saturated heterocycles. The van der Waals surface area contributed by atoms with Crippen molar-refractivity contribution in [3.05, 3.63) is 33.7 Å². The van der Waals surface area contributed by atoms with Gasteiger partial charge >= 0.3 is 0 Å². The molecule has 0 aliphatic rings. The number of rotatable bonds is 3. The summed E-state index contributed by atoms with van der Waals surface area (Å²) in [6, 6.07) is 4.79. The molecule has 0 aliphatic carbocycles. The molecule has 0 aliphatic heterocycles. The van der Waals surface area contributed by atoms with Crippen LogP contribution in [0.25, 0.3) is 0 Å². The van der Waals surface area contributed by atoms with Gasteiger partial charge in [0.2, 0.25) is 0 Å². The second-order valence-electron chi connectivity index (χ2n) is 3.02. The fourth-order valence-electron chi connectivity index (χ4n) is 1.05. The van der Waals surface area contributed by atoms with Gasteiger partial charge in [-0.05, 0) is 22.9 Å². The van der Waals surface area contributed by atoms with Crippen molar-refractivity contribution in [2.75, 3.05) is 0 Å². The molecule has 8 heteroatoms. The first-order valence-electron chi connectivity index (χ1n) is 4.47. The molecule has 0 heterocycles. The van der Waals surface area contributed by atoms with E-state index in [1.54, 1.807) is 12.1 Å². The highest BCUT2D eigenvalue weighted by atomic mass is 35.5. The summed E-state index contributed by atoms with van der Waals surface area (Å²) in [5.74, 6) is 0.0736. The maximum Gasteiger partial charge on any atom is 0.191 e. The number of benzene rings is 1. The van der Waals surface area contributed by atoms with Crippen LogP contribution in [-0.4, -0.2) is 11.1 Å². The Morgan fingerprint density at radius 2 is 2.24 bits per heavy atom. The van der Waals surface area contributed by atoms with E-state index in [1.165, 1.54) is 6.07 Å². The van der Waals surface area contributed by atoms with Gasteiger partial charge in [-0.3, -0.25) is 10.8 Å². The second-order valence-corrected chi connectivity index (χ2v) is 4.44. The summed E-state index contributed by atoms with van der Waals surface area (Å²) in [5.41, 5.74) is 5.99. The largest absolute Gasteiger partial charge is 0.370 e. The maximum atomic E-state index is 10.6. The predicted octanol–water partition coefficient (Wildman–Crippen LogP) is 2.39. The number of guanidine groups is 1. The number of halogens is 1. The van der Waals surface area contributed by atoms with E-state index in [1.807, 2.05) is 0 Å². The third-order valence-electron chi connectivity index (χ3n) is 1.77. The molecule has 0 saturated carbocycles. The Labute approximate surface area is 107 Å². The molecule has 1 rings (SSSR count). The van der Waals surface area contributed by atoms with E-state index in [0.717, 1.165) is 11.8 Å². The molecule has 5 N–H and O–H groups in total. The van der Waals surface area contributed by atoms with Crippen LogP contribution in [0.15, 0.2) is 23.4 Å². The van der Waals surface area contributed by atoms with Crippen molar-refractivity contribution in [3.63, 3.8) is 0 Å². The molecule has 90 valence electrons. The molecule has 0 spiro atoms. The van der Waals surface area contributed by atoms with Crippen LogP contribution in [-0.2, 0) is 5.75 Å². The van der Waals surface area contributed by atoms with Crippen LogP contribution in [0, 0.1) is 15.7 Å². The summed E-state index contributed by atoms with van der Waals surface area (Å²) >= 11 is 6.82. The topological polar surface area (TPSA) is 115 Å². The van der Waals surface area contributed by atoms with Gasteiger partial charge in [0.15, 0.2) is 11.1 Å². The third kappa shape index (κ3) is 4.41. The summed E-state index contributed by atoms with van der Waals surface area (Å²) in [6.45, 7) is 0. The second kappa shape index (κ2) is 6.21. The van der Waals surface area contributed by atoms with Crippen molar-refractivity contribution in [1.82, 2.24) is 5.32 Å². The number of nitrogens with zero attached hydrogens (tertiary/aromatic N) is 1. The van der Waals surface area contributed by atoms with Crippen molar-refractivity contribution in [2.24, 2.45) is 10.9 Å². The van der Waals surface area contributed by atoms with E-state index in [-0.39, 0.29) is 16.8 Å². The number of nitrogens with two attached hydrogens (primary N) is 1. The molecule has 0 amide bonds. The zero-order valence-corrected chi connectivity index (χ0v) is 10.2. The lowest BCUT2D eigenvalue weighted by molar-refractivity contribution is 1.24. The Balaban J connectivity index is 2.66. The fourth-order valence-corrected chi connectivity index (χ4v) is 1.94. The summed E-state index contributed by atoms with van der Waals surface area (Å²) < 4.78 is 0. The molecule has 0 radical (unpaired) electrons. The quantitative estimate of drug-likeness (QED) is 0.384. The Bertz CT molecular complexity index is 465. The average Bonchev–Trinajstić information content (AvgIpc) is 2.26. The summed E-state index contributed by atoms with van der Waals surface area (Å²) in [5, 5.41) is 20.0. The number of nitroso groups, excluding NO2 is 1. The van der Waals surface area contributed by atoms with Crippen molar-refractivity contribution in [2.45, 2.75) is 5.75 Å². The van der Waals surface area contributed by atoms with Crippen LogP contribution >= 0.6 is 23.4 Å². The van der Waals surface area contributed by atoms with Gasteiger partial charge in [-0.2, -0.15) is 0 Å². The van der Waals surface area contributed by atoms with Crippen LogP contribution in [0.3, 0.4) is 0 Å². The summed E-state index contributed by atoms with van der Waals surface area (Å²) in [6.07, 6.45) is 0. The average molecular weight is 272 g/mol. The van der Waals surface area contributed by atoms with Gasteiger partial charge in [0, 0.05) is 10.8 Å². The molecule has 0 fully saturated rings. The van der Waals surface area contributed by atoms with Crippen molar-refractivity contribution < 1.29 is 0 Å². The normalized spacial score (nSPS) is 9.71. The molecule has 0 bridgehead atoms. The van der Waals surface area contributed by atoms with E-state index in [2.05, 4.69) is 10.5 Å². The van der Waals surface area contributed by atoms with Crippen molar-refractivity contribution >= 4 is 40.2 Å². The number of nitrogens with one attached hydrogen (secondary N) is 3. The lowest BCUT2D eigenvalue weighted by Crippen LogP contribution is -2.33. The molecule has 17 heavy (non-hydrogen) atoms. The van der Waals surface area contributed by atoms with Gasteiger partial charge in [0.05, 0.1) is 0 Å². The number of thioether (sulfide) groups is 1. The van der Waals surface area contributed by atoms with Crippen LogP contribution in [0.1, 0.15) is 5.56 Å². The van der Waals surface area contributed by atoms with Crippen molar-refractivity contribution in [3.8, 4) is 0 Å². The zero-order valence-electron chi connectivity index (χ0n) is 8.66. The van der Waals surface area contributed by atoms with E-state index in [4.69, 9.17) is 28.2 Å². The molecule has 6 nitrogen and oxygen atoms in total. The lowest BCUT2D eigenvalue weighted by Gasteiger charge is -2.06. The fraction of sp³-hybridized carbons (Fsp3) is 0.111. The minimum atomic E-state index is -0.299. The Morgan fingerprint density at radius 1 is 1.53 bits per heavy atom. The number of hydrogen-bond acceptors (Lipinski definition) is 5. The van der Waals surface area contributed by atoms with Gasteiger partial charge in [-0.15, -0.1) is 4.91 Å². The van der Waals surface area contributed by atoms with E-state index >= 15 is 0 Å². The van der Waals surface area contributed by atoms with Crippen LogP contribution in [0.4, 0.5) is 5.69 Å². The summed E-state index contributed by atoms with van der Waals surface area (Å²) in [4.78, 5) is 10.6. The number of amidine groups is 1. The first-order valence-corrected chi connectivity index (χ1v) is 5.83. The van der Waals surface area contributed by atoms with E-state index in [0.29, 0.717) is 16.3 Å². The lowest BCUT2D eigenvalue weighted by atomic mass is 10.2. The summed E-state index contributed by atoms with van der Waals surface area (Å²) in [7, 11) is 0. The Morgan fingerprint density at radius 3 is 2.82 bits per heavy atom. The molecular weight excluding hydrogens is 262 g/mol. The predicted molar refractivity (Wildman–Crippen MR) is 71.0 cm³/mol. The minimum Gasteiger partial charge on any atom is -0.370 e. The monoisotopic (exact) mass is 271 g/mol. The molecule has 0 aromatic heterocycles. The highest BCUT2D eigenvalue weighted by Gasteiger charge is 2.06. The highest BCUT2D eigenvalue weighted by molar-refractivity contribution is 8.13. The minimum absolute atomic E-state index is 0.0318.